The number of hydrogen-bond acceptors (Lipinski definition) is 2. The molecule has 1 aliphatic carbocycles. The molecule has 0 saturated carbocycles. The number of allylic oxidation sites excluding steroid dienone is 5. The first kappa shape index (κ1) is 26.9. The minimum absolute atomic E-state index is 0. The van der Waals surface area contributed by atoms with Crippen LogP contribution in [0.4, 0.5) is 13.2 Å². The first-order valence-corrected chi connectivity index (χ1v) is 8.82. The molecule has 0 fully saturated rings. The Morgan fingerprint density at radius 2 is 1.62 bits per heavy atom. The second-order valence-electron chi connectivity index (χ2n) is 4.78. The quantitative estimate of drug-likeness (QED) is 0.252. The molecular weight excluding hydrogens is 460 g/mol. The van der Waals surface area contributed by atoms with Gasteiger partial charge in [0.2, 0.25) is 0 Å². The zero-order chi connectivity index (χ0) is 19.3. The second kappa shape index (κ2) is 13.8. The number of hydrogen-bond donors (Lipinski definition) is 1. The van der Waals surface area contributed by atoms with Crippen molar-refractivity contribution in [3.8, 4) is 0 Å². The molecule has 2 rings (SSSR count). The van der Waals surface area contributed by atoms with Crippen LogP contribution in [0.3, 0.4) is 0 Å². The summed E-state index contributed by atoms with van der Waals surface area (Å²) in [6, 6.07) is 2.56. The molecular formula is C18H21F3O3PdS. The summed E-state index contributed by atoms with van der Waals surface area (Å²) < 4.78 is 65.4. The first-order chi connectivity index (χ1) is 11.6. The SMILES string of the molecule is C=C[CH2-].O=S(=O)(O)c1ccc(C(F)(F)F)cc1.[C-]1=CCCC=CCC1.[Pd+2]. The zero-order valence-corrected chi connectivity index (χ0v) is 16.4. The van der Waals surface area contributed by atoms with Gasteiger partial charge < -0.3 is 6.08 Å². The molecule has 0 bridgehead atoms. The molecule has 0 saturated heterocycles. The number of benzene rings is 1. The van der Waals surface area contributed by atoms with Crippen LogP contribution in [0.15, 0.2) is 60.0 Å². The fraction of sp³-hybridized carbons (Fsp3) is 0.278. The average Bonchev–Trinajstić information content (AvgIpc) is 2.46. The normalized spacial score (nSPS) is 13.5. The van der Waals surface area contributed by atoms with Crippen molar-refractivity contribution in [1.82, 2.24) is 0 Å². The summed E-state index contributed by atoms with van der Waals surface area (Å²) in [7, 11) is -4.43. The van der Waals surface area contributed by atoms with Gasteiger partial charge in [-0.3, -0.25) is 10.6 Å². The second-order valence-corrected chi connectivity index (χ2v) is 6.20. The van der Waals surface area contributed by atoms with Gasteiger partial charge in [-0.1, -0.05) is 25.0 Å². The van der Waals surface area contributed by atoms with Crippen LogP contribution >= 0.6 is 0 Å². The minimum atomic E-state index is -4.52. The van der Waals surface area contributed by atoms with E-state index in [1.807, 2.05) is 0 Å². The van der Waals surface area contributed by atoms with Gasteiger partial charge in [-0.25, -0.2) is 19.6 Å². The van der Waals surface area contributed by atoms with Crippen molar-refractivity contribution in [3.05, 3.63) is 73.7 Å². The van der Waals surface area contributed by atoms with E-state index in [1.54, 1.807) is 0 Å². The van der Waals surface area contributed by atoms with E-state index in [2.05, 4.69) is 37.8 Å². The van der Waals surface area contributed by atoms with Crippen LogP contribution in [0.2, 0.25) is 0 Å². The number of alkyl halides is 3. The van der Waals surface area contributed by atoms with E-state index in [-0.39, 0.29) is 20.4 Å². The Hall–Kier alpha value is -1.33. The Morgan fingerprint density at radius 1 is 1.12 bits per heavy atom. The van der Waals surface area contributed by atoms with Gasteiger partial charge in [0.05, 0.1) is 10.5 Å². The van der Waals surface area contributed by atoms with Crippen LogP contribution < -0.4 is 0 Å². The van der Waals surface area contributed by atoms with E-state index in [1.165, 1.54) is 25.3 Å². The summed E-state index contributed by atoms with van der Waals surface area (Å²) in [6.45, 7) is 6.50. The number of halogens is 3. The minimum Gasteiger partial charge on any atom is -0.500 e. The summed E-state index contributed by atoms with van der Waals surface area (Å²) in [5.41, 5.74) is -0.968. The van der Waals surface area contributed by atoms with Gasteiger partial charge in [-0.15, -0.1) is 0 Å². The van der Waals surface area contributed by atoms with Gasteiger partial charge in [-0.2, -0.15) is 28.0 Å². The summed E-state index contributed by atoms with van der Waals surface area (Å²) in [4.78, 5) is -0.564. The standard InChI is InChI=1S/C8H11.C7H5F3O3S.C3H5.Pd/c1-2-4-6-8-7-5-3-1;8-7(9,10)5-1-3-6(4-2-5)14(11,12)13;1-3-2;/h1-2,7H,3-6H2;1-4H,(H,11,12,13);3H,1-2H2;/q-1;;-1;+2. The Bertz CT molecular complexity index is 638. The molecule has 8 heteroatoms. The van der Waals surface area contributed by atoms with Gasteiger partial charge >= 0.3 is 26.6 Å². The predicted molar refractivity (Wildman–Crippen MR) is 92.2 cm³/mol. The molecule has 0 atom stereocenters. The van der Waals surface area contributed by atoms with Crippen molar-refractivity contribution in [1.29, 1.82) is 0 Å². The van der Waals surface area contributed by atoms with Crippen molar-refractivity contribution < 1.29 is 46.6 Å². The fourth-order valence-corrected chi connectivity index (χ4v) is 2.08. The summed E-state index contributed by atoms with van der Waals surface area (Å²) in [6.07, 6.45) is 11.5. The van der Waals surface area contributed by atoms with Crippen molar-refractivity contribution >= 4 is 10.1 Å². The predicted octanol–water partition coefficient (Wildman–Crippen LogP) is 5.43. The van der Waals surface area contributed by atoms with Gasteiger partial charge in [0.25, 0.3) is 10.1 Å². The summed E-state index contributed by atoms with van der Waals surface area (Å²) >= 11 is 0. The Balaban J connectivity index is 0. The number of rotatable bonds is 1. The maximum atomic E-state index is 12.0. The van der Waals surface area contributed by atoms with Gasteiger partial charge in [-0.05, 0) is 30.7 Å². The van der Waals surface area contributed by atoms with Gasteiger partial charge in [0.15, 0.2) is 0 Å². The maximum Gasteiger partial charge on any atom is 2.00 e. The maximum absolute atomic E-state index is 12.0. The van der Waals surface area contributed by atoms with Crippen LogP contribution in [0.1, 0.15) is 31.2 Å². The molecule has 1 aromatic rings. The molecule has 3 nitrogen and oxygen atoms in total. The molecule has 1 N–H and O–H groups in total. The smallest absolute Gasteiger partial charge is 0.500 e. The van der Waals surface area contributed by atoms with E-state index in [9.17, 15) is 21.6 Å². The van der Waals surface area contributed by atoms with E-state index in [0.29, 0.717) is 24.3 Å². The Kier molecular flexibility index (Phi) is 14.3. The molecule has 26 heavy (non-hydrogen) atoms. The van der Waals surface area contributed by atoms with Crippen LogP contribution in [0.25, 0.3) is 0 Å². The molecule has 0 heterocycles. The van der Waals surface area contributed by atoms with E-state index in [0.717, 1.165) is 6.42 Å². The average molecular weight is 481 g/mol. The van der Waals surface area contributed by atoms with E-state index < -0.39 is 26.8 Å². The van der Waals surface area contributed by atoms with Crippen LogP contribution in [0, 0.1) is 13.0 Å². The Morgan fingerprint density at radius 3 is 2.08 bits per heavy atom. The molecule has 0 radical (unpaired) electrons. The summed E-state index contributed by atoms with van der Waals surface area (Å²) in [5, 5.41) is 0. The third-order valence-corrected chi connectivity index (χ3v) is 3.59. The molecule has 1 aliphatic rings. The molecule has 0 spiro atoms. The third-order valence-electron chi connectivity index (χ3n) is 2.72. The van der Waals surface area contributed by atoms with Crippen molar-refractivity contribution in [3.63, 3.8) is 0 Å². The van der Waals surface area contributed by atoms with E-state index in [4.69, 9.17) is 4.55 Å². The fourth-order valence-electron chi connectivity index (χ4n) is 1.60. The largest absolute Gasteiger partial charge is 2.00 e. The third kappa shape index (κ3) is 13.0. The monoisotopic (exact) mass is 480 g/mol. The first-order valence-electron chi connectivity index (χ1n) is 7.38. The zero-order valence-electron chi connectivity index (χ0n) is 14.0. The van der Waals surface area contributed by atoms with Crippen molar-refractivity contribution in [2.75, 3.05) is 0 Å². The summed E-state index contributed by atoms with van der Waals surface area (Å²) in [5.74, 6) is 0. The van der Waals surface area contributed by atoms with Gasteiger partial charge in [0, 0.05) is 0 Å². The van der Waals surface area contributed by atoms with Crippen LogP contribution in [0.5, 0.6) is 0 Å². The molecule has 1 aromatic carbocycles. The molecule has 0 amide bonds. The van der Waals surface area contributed by atoms with E-state index >= 15 is 0 Å². The molecule has 0 unspecified atom stereocenters. The topological polar surface area (TPSA) is 54.4 Å². The Labute approximate surface area is 167 Å². The van der Waals surface area contributed by atoms with Crippen molar-refractivity contribution in [2.45, 2.75) is 36.8 Å². The van der Waals surface area contributed by atoms with Crippen LogP contribution in [-0.4, -0.2) is 13.0 Å². The van der Waals surface area contributed by atoms with Crippen LogP contribution in [-0.2, 0) is 36.7 Å². The van der Waals surface area contributed by atoms with Gasteiger partial charge in [0.1, 0.15) is 0 Å². The van der Waals surface area contributed by atoms with Crippen molar-refractivity contribution in [2.24, 2.45) is 0 Å². The molecule has 148 valence electrons. The molecule has 0 aromatic heterocycles. The molecule has 0 aliphatic heterocycles.